The SMILES string of the molecule is COc1cccc(CN(C)c2nc(CN3CCOCC3)nc3sc4c(c23)CCCC4)c1. The van der Waals surface area contributed by atoms with Crippen LogP contribution in [0.5, 0.6) is 5.75 Å². The lowest BCUT2D eigenvalue weighted by Gasteiger charge is -2.26. The van der Waals surface area contributed by atoms with Gasteiger partial charge in [0.2, 0.25) is 0 Å². The van der Waals surface area contributed by atoms with Crippen molar-refractivity contribution in [2.75, 3.05) is 45.4 Å². The van der Waals surface area contributed by atoms with Gasteiger partial charge in [0.05, 0.1) is 32.3 Å². The Bertz CT molecular complexity index is 1060. The molecule has 0 amide bonds. The van der Waals surface area contributed by atoms with Crippen molar-refractivity contribution in [3.8, 4) is 5.75 Å². The fourth-order valence-electron chi connectivity index (χ4n) is 4.61. The minimum absolute atomic E-state index is 0.780. The molecule has 0 bridgehead atoms. The highest BCUT2D eigenvalue weighted by atomic mass is 32.1. The van der Waals surface area contributed by atoms with Crippen molar-refractivity contribution in [2.45, 2.75) is 38.8 Å². The number of thiophene rings is 1. The average molecular weight is 439 g/mol. The second-order valence-electron chi connectivity index (χ2n) is 8.45. The number of hydrogen-bond acceptors (Lipinski definition) is 7. The zero-order chi connectivity index (χ0) is 21.2. The predicted octanol–water partition coefficient (Wildman–Crippen LogP) is 4.05. The van der Waals surface area contributed by atoms with E-state index in [1.165, 1.54) is 40.7 Å². The van der Waals surface area contributed by atoms with Gasteiger partial charge < -0.3 is 14.4 Å². The number of morpholine rings is 1. The molecule has 5 rings (SSSR count). The van der Waals surface area contributed by atoms with E-state index >= 15 is 0 Å². The molecule has 31 heavy (non-hydrogen) atoms. The van der Waals surface area contributed by atoms with Gasteiger partial charge >= 0.3 is 0 Å². The van der Waals surface area contributed by atoms with Gasteiger partial charge in [-0.15, -0.1) is 11.3 Å². The van der Waals surface area contributed by atoms with E-state index in [9.17, 15) is 0 Å². The summed E-state index contributed by atoms with van der Waals surface area (Å²) in [5, 5.41) is 1.27. The first-order chi connectivity index (χ1) is 15.2. The van der Waals surface area contributed by atoms with E-state index in [1.807, 2.05) is 23.5 Å². The molecule has 1 aliphatic carbocycles. The average Bonchev–Trinajstić information content (AvgIpc) is 3.17. The van der Waals surface area contributed by atoms with Crippen LogP contribution in [0.4, 0.5) is 5.82 Å². The molecule has 164 valence electrons. The molecule has 1 fully saturated rings. The van der Waals surface area contributed by atoms with Crippen LogP contribution in [0.15, 0.2) is 24.3 Å². The maximum atomic E-state index is 5.51. The Balaban J connectivity index is 1.52. The third-order valence-corrected chi connectivity index (χ3v) is 7.41. The van der Waals surface area contributed by atoms with Gasteiger partial charge in [0.15, 0.2) is 0 Å². The molecule has 7 heteroatoms. The topological polar surface area (TPSA) is 50.7 Å². The van der Waals surface area contributed by atoms with Crippen molar-refractivity contribution in [1.82, 2.24) is 14.9 Å². The number of nitrogens with zero attached hydrogens (tertiary/aromatic N) is 4. The highest BCUT2D eigenvalue weighted by Crippen LogP contribution is 2.40. The minimum Gasteiger partial charge on any atom is -0.497 e. The normalized spacial score (nSPS) is 17.0. The maximum Gasteiger partial charge on any atom is 0.146 e. The van der Waals surface area contributed by atoms with Gasteiger partial charge in [-0.2, -0.15) is 0 Å². The largest absolute Gasteiger partial charge is 0.497 e. The Kier molecular flexibility index (Phi) is 6.07. The van der Waals surface area contributed by atoms with E-state index in [2.05, 4.69) is 29.0 Å². The first kappa shape index (κ1) is 20.7. The zero-order valence-corrected chi connectivity index (χ0v) is 19.2. The van der Waals surface area contributed by atoms with Crippen molar-refractivity contribution in [2.24, 2.45) is 0 Å². The van der Waals surface area contributed by atoms with Crippen LogP contribution in [-0.2, 0) is 30.7 Å². The van der Waals surface area contributed by atoms with Gasteiger partial charge in [-0.3, -0.25) is 4.90 Å². The number of methoxy groups -OCH3 is 1. The fourth-order valence-corrected chi connectivity index (χ4v) is 5.88. The first-order valence-corrected chi connectivity index (χ1v) is 12.0. The molecule has 2 aliphatic rings. The molecule has 3 heterocycles. The summed E-state index contributed by atoms with van der Waals surface area (Å²) in [7, 11) is 3.86. The monoisotopic (exact) mass is 438 g/mol. The molecule has 0 spiro atoms. The number of anilines is 1. The van der Waals surface area contributed by atoms with Crippen molar-refractivity contribution in [3.05, 3.63) is 46.1 Å². The van der Waals surface area contributed by atoms with Gasteiger partial charge in [0, 0.05) is 31.6 Å². The van der Waals surface area contributed by atoms with Gasteiger partial charge in [-0.1, -0.05) is 12.1 Å². The molecule has 2 aromatic heterocycles. The quantitative estimate of drug-likeness (QED) is 0.579. The lowest BCUT2D eigenvalue weighted by Crippen LogP contribution is -2.36. The van der Waals surface area contributed by atoms with Crippen LogP contribution in [0.25, 0.3) is 10.2 Å². The van der Waals surface area contributed by atoms with E-state index in [-0.39, 0.29) is 0 Å². The number of benzene rings is 1. The van der Waals surface area contributed by atoms with E-state index in [0.717, 1.165) is 68.0 Å². The van der Waals surface area contributed by atoms with Gasteiger partial charge in [0.1, 0.15) is 22.2 Å². The molecule has 1 aliphatic heterocycles. The van der Waals surface area contributed by atoms with E-state index in [0.29, 0.717) is 0 Å². The van der Waals surface area contributed by atoms with Crippen molar-refractivity contribution < 1.29 is 9.47 Å². The summed E-state index contributed by atoms with van der Waals surface area (Å²) in [5.41, 5.74) is 2.70. The minimum atomic E-state index is 0.780. The Hall–Kier alpha value is -2.22. The molecule has 0 atom stereocenters. The van der Waals surface area contributed by atoms with Gasteiger partial charge in [-0.25, -0.2) is 9.97 Å². The fraction of sp³-hybridized carbons (Fsp3) is 0.500. The second-order valence-corrected chi connectivity index (χ2v) is 9.53. The highest BCUT2D eigenvalue weighted by Gasteiger charge is 2.24. The summed E-state index contributed by atoms with van der Waals surface area (Å²) < 4.78 is 10.9. The Morgan fingerprint density at radius 3 is 2.84 bits per heavy atom. The Labute approximate surface area is 187 Å². The molecule has 0 radical (unpaired) electrons. The number of ether oxygens (including phenoxy) is 2. The molecule has 0 N–H and O–H groups in total. The van der Waals surface area contributed by atoms with Crippen LogP contribution in [0.3, 0.4) is 0 Å². The van der Waals surface area contributed by atoms with Crippen molar-refractivity contribution in [3.63, 3.8) is 0 Å². The highest BCUT2D eigenvalue weighted by molar-refractivity contribution is 7.19. The van der Waals surface area contributed by atoms with Crippen molar-refractivity contribution in [1.29, 1.82) is 0 Å². The van der Waals surface area contributed by atoms with Crippen LogP contribution in [0.1, 0.15) is 34.7 Å². The summed E-state index contributed by atoms with van der Waals surface area (Å²) in [6, 6.07) is 8.29. The lowest BCUT2D eigenvalue weighted by molar-refractivity contribution is 0.0331. The third-order valence-electron chi connectivity index (χ3n) is 6.23. The molecule has 6 nitrogen and oxygen atoms in total. The van der Waals surface area contributed by atoms with Gasteiger partial charge in [-0.05, 0) is 48.9 Å². The molecule has 0 unspecified atom stereocenters. The predicted molar refractivity (Wildman–Crippen MR) is 125 cm³/mol. The smallest absolute Gasteiger partial charge is 0.146 e. The molecule has 1 aromatic carbocycles. The summed E-state index contributed by atoms with van der Waals surface area (Å²) in [5.74, 6) is 2.87. The summed E-state index contributed by atoms with van der Waals surface area (Å²) in [6.45, 7) is 5.03. The summed E-state index contributed by atoms with van der Waals surface area (Å²) in [6.07, 6.45) is 4.85. The molecular weight excluding hydrogens is 408 g/mol. The van der Waals surface area contributed by atoms with Crippen LogP contribution in [-0.4, -0.2) is 55.3 Å². The molecule has 1 saturated heterocycles. The number of aromatic nitrogens is 2. The first-order valence-electron chi connectivity index (χ1n) is 11.2. The molecule has 3 aromatic rings. The zero-order valence-electron chi connectivity index (χ0n) is 18.4. The third kappa shape index (κ3) is 4.40. The number of rotatable bonds is 6. The van der Waals surface area contributed by atoms with E-state index in [1.54, 1.807) is 7.11 Å². The maximum absolute atomic E-state index is 5.51. The molecule has 0 saturated carbocycles. The number of fused-ring (bicyclic) bond motifs is 3. The molecular formula is C24H30N4O2S. The van der Waals surface area contributed by atoms with E-state index < -0.39 is 0 Å². The standard InChI is InChI=1S/C24H30N4O2S/c1-27(15-17-6-5-7-18(14-17)29-2)23-22-19-8-3-4-9-20(19)31-24(22)26-21(25-23)16-28-10-12-30-13-11-28/h5-7,14H,3-4,8-13,15-16H2,1-2H3. The van der Waals surface area contributed by atoms with Gasteiger partial charge in [0.25, 0.3) is 0 Å². The van der Waals surface area contributed by atoms with Crippen LogP contribution >= 0.6 is 11.3 Å². The second kappa shape index (κ2) is 9.10. The van der Waals surface area contributed by atoms with Crippen LogP contribution in [0.2, 0.25) is 0 Å². The van der Waals surface area contributed by atoms with Crippen molar-refractivity contribution >= 4 is 27.4 Å². The number of hydrogen-bond donors (Lipinski definition) is 0. The Morgan fingerprint density at radius 1 is 1.16 bits per heavy atom. The summed E-state index contributed by atoms with van der Waals surface area (Å²) >= 11 is 1.88. The van der Waals surface area contributed by atoms with Crippen LogP contribution < -0.4 is 9.64 Å². The number of aryl methyl sites for hydroxylation is 2. The van der Waals surface area contributed by atoms with Crippen LogP contribution in [0, 0.1) is 0 Å². The van der Waals surface area contributed by atoms with E-state index in [4.69, 9.17) is 19.4 Å². The summed E-state index contributed by atoms with van der Waals surface area (Å²) in [4.78, 5) is 17.5. The Morgan fingerprint density at radius 2 is 2.00 bits per heavy atom. The lowest BCUT2D eigenvalue weighted by atomic mass is 9.97.